The first-order valence-electron chi connectivity index (χ1n) is 10.0. The van der Waals surface area contributed by atoms with Crippen LogP contribution in [0.15, 0.2) is 65.1 Å². The fourth-order valence-corrected chi connectivity index (χ4v) is 5.47. The largest absolute Gasteiger partial charge is 0.481 e. The molecule has 5 nitrogen and oxygen atoms in total. The minimum absolute atomic E-state index is 0.0502. The van der Waals surface area contributed by atoms with Crippen LogP contribution < -0.4 is 15.2 Å². The summed E-state index contributed by atoms with van der Waals surface area (Å²) in [5, 5.41) is 12.5. The van der Waals surface area contributed by atoms with E-state index in [9.17, 15) is 5.11 Å². The van der Waals surface area contributed by atoms with Crippen LogP contribution in [0.4, 0.5) is 0 Å². The van der Waals surface area contributed by atoms with Crippen LogP contribution in [0.2, 0.25) is 5.15 Å². The summed E-state index contributed by atoms with van der Waals surface area (Å²) >= 11 is 9.72. The van der Waals surface area contributed by atoms with Gasteiger partial charge in [-0.1, -0.05) is 70.0 Å². The molecule has 0 radical (unpaired) electrons. The van der Waals surface area contributed by atoms with Gasteiger partial charge in [0.25, 0.3) is 0 Å². The highest BCUT2D eigenvalue weighted by Gasteiger charge is 2.69. The number of aromatic nitrogens is 1. The fraction of sp³-hybridized carbons (Fsp3) is 0.292. The zero-order valence-electron chi connectivity index (χ0n) is 17.3. The fourth-order valence-electron chi connectivity index (χ4n) is 5.03. The third kappa shape index (κ3) is 3.24. The molecule has 2 aromatic carbocycles. The first-order chi connectivity index (χ1) is 15.0. The van der Waals surface area contributed by atoms with Gasteiger partial charge in [0.2, 0.25) is 5.88 Å². The summed E-state index contributed by atoms with van der Waals surface area (Å²) in [6.07, 6.45) is 1.29. The predicted octanol–water partition coefficient (Wildman–Crippen LogP) is 5.13. The number of rotatable bonds is 3. The van der Waals surface area contributed by atoms with Gasteiger partial charge in [0, 0.05) is 16.5 Å². The van der Waals surface area contributed by atoms with Gasteiger partial charge in [-0.25, -0.2) is 4.98 Å². The Bertz CT molecular complexity index is 1080. The molecule has 3 unspecified atom stereocenters. The lowest BCUT2D eigenvalue weighted by Crippen LogP contribution is -2.48. The second-order valence-electron chi connectivity index (χ2n) is 7.53. The van der Waals surface area contributed by atoms with Gasteiger partial charge in [-0.3, -0.25) is 0 Å². The number of methoxy groups -OCH3 is 1. The van der Waals surface area contributed by atoms with Gasteiger partial charge in [0.1, 0.15) is 16.5 Å². The first-order valence-corrected chi connectivity index (χ1v) is 11.2. The molecule has 3 atom stereocenters. The molecule has 1 saturated carbocycles. The maximum Gasteiger partial charge on any atom is 0.224 e. The number of nitrogens with zero attached hydrogens (tertiary/aromatic N) is 1. The molecule has 162 valence electrons. The van der Waals surface area contributed by atoms with Crippen molar-refractivity contribution in [3.63, 3.8) is 0 Å². The highest BCUT2D eigenvalue weighted by molar-refractivity contribution is 9.10. The molecule has 2 heterocycles. The zero-order valence-corrected chi connectivity index (χ0v) is 19.7. The van der Waals surface area contributed by atoms with Crippen LogP contribution in [0.1, 0.15) is 35.4 Å². The third-order valence-electron chi connectivity index (χ3n) is 6.17. The maximum atomic E-state index is 12.2. The van der Waals surface area contributed by atoms with Gasteiger partial charge in [-0.2, -0.15) is 0 Å². The van der Waals surface area contributed by atoms with Crippen molar-refractivity contribution in [3.05, 3.63) is 87.0 Å². The van der Waals surface area contributed by atoms with Gasteiger partial charge in [-0.15, -0.1) is 0 Å². The predicted molar refractivity (Wildman–Crippen MR) is 125 cm³/mol. The van der Waals surface area contributed by atoms with E-state index in [0.717, 1.165) is 22.0 Å². The van der Waals surface area contributed by atoms with Crippen LogP contribution in [0.3, 0.4) is 0 Å². The number of halogens is 2. The summed E-state index contributed by atoms with van der Waals surface area (Å²) < 4.78 is 13.1. The lowest BCUT2D eigenvalue weighted by atomic mass is 9.72. The number of pyridine rings is 1. The van der Waals surface area contributed by atoms with Gasteiger partial charge in [0.05, 0.1) is 12.7 Å². The van der Waals surface area contributed by atoms with Crippen molar-refractivity contribution >= 4 is 27.5 Å². The SMILES string of the molecule is CN.COc1nc(Cl)cc2c1C1(O)CCC(c3ccccc3)C1(c1ccc(Br)cc1)O2. The van der Waals surface area contributed by atoms with Crippen LogP contribution in [0.5, 0.6) is 11.6 Å². The average Bonchev–Trinajstić information content (AvgIpc) is 3.22. The van der Waals surface area contributed by atoms with Crippen LogP contribution in [0.25, 0.3) is 0 Å². The van der Waals surface area contributed by atoms with E-state index in [2.05, 4.69) is 38.8 Å². The summed E-state index contributed by atoms with van der Waals surface area (Å²) in [6, 6.07) is 19.8. The number of aliphatic hydroxyl groups is 1. The lowest BCUT2D eigenvalue weighted by Gasteiger charge is -2.40. The van der Waals surface area contributed by atoms with Crippen LogP contribution >= 0.6 is 27.5 Å². The first kappa shape index (κ1) is 22.1. The normalized spacial score (nSPS) is 25.7. The molecule has 0 bridgehead atoms. The smallest absolute Gasteiger partial charge is 0.224 e. The Hall–Kier alpha value is -2.12. The molecule has 7 heteroatoms. The van der Waals surface area contributed by atoms with Crippen molar-refractivity contribution < 1.29 is 14.6 Å². The maximum absolute atomic E-state index is 12.2. The molecule has 0 amide bonds. The van der Waals surface area contributed by atoms with Crippen molar-refractivity contribution in [1.82, 2.24) is 4.98 Å². The second kappa shape index (κ2) is 8.43. The standard InChI is InChI=1S/C23H19BrClNO3.CH5N/c1-28-21-20-18(13-19(25)26-21)29-23(15-7-9-16(24)10-8-15)17(11-12-22(20,23)27)14-5-3-2-4-6-14;1-2/h2-10,13,17,27H,11-12H2,1H3;2H2,1H3. The molecule has 1 aliphatic carbocycles. The molecule has 1 aromatic heterocycles. The molecule has 0 saturated heterocycles. The Morgan fingerprint density at radius 3 is 2.48 bits per heavy atom. The Balaban J connectivity index is 0.00000112. The number of ether oxygens (including phenoxy) is 2. The van der Waals surface area contributed by atoms with Crippen LogP contribution in [-0.4, -0.2) is 24.2 Å². The third-order valence-corrected chi connectivity index (χ3v) is 6.89. The van der Waals surface area contributed by atoms with E-state index in [1.807, 2.05) is 42.5 Å². The molecule has 3 N–H and O–H groups in total. The summed E-state index contributed by atoms with van der Waals surface area (Å²) in [4.78, 5) is 4.30. The van der Waals surface area contributed by atoms with Crippen LogP contribution in [-0.2, 0) is 11.2 Å². The molecular weight excluding hydrogens is 480 g/mol. The summed E-state index contributed by atoms with van der Waals surface area (Å²) in [6.45, 7) is 0. The van der Waals surface area contributed by atoms with Crippen molar-refractivity contribution in [2.24, 2.45) is 5.73 Å². The van der Waals surface area contributed by atoms with Gasteiger partial charge < -0.3 is 20.3 Å². The number of hydrogen-bond donors (Lipinski definition) is 2. The molecule has 3 aromatic rings. The Kier molecular flexibility index (Phi) is 6.01. The number of nitrogens with two attached hydrogens (primary N) is 1. The monoisotopic (exact) mass is 502 g/mol. The van der Waals surface area contributed by atoms with E-state index in [4.69, 9.17) is 21.1 Å². The minimum atomic E-state index is -1.29. The zero-order chi connectivity index (χ0) is 22.2. The van der Waals surface area contributed by atoms with E-state index in [1.54, 1.807) is 6.07 Å². The van der Waals surface area contributed by atoms with Crippen molar-refractivity contribution in [3.8, 4) is 11.6 Å². The summed E-state index contributed by atoms with van der Waals surface area (Å²) in [5.74, 6) is 0.779. The summed E-state index contributed by atoms with van der Waals surface area (Å²) in [5.41, 5.74) is 4.81. The molecule has 1 aliphatic heterocycles. The van der Waals surface area contributed by atoms with Crippen molar-refractivity contribution in [1.29, 1.82) is 0 Å². The number of fused-ring (bicyclic) bond motifs is 3. The average molecular weight is 504 g/mol. The van der Waals surface area contributed by atoms with E-state index in [1.165, 1.54) is 14.2 Å². The Morgan fingerprint density at radius 2 is 1.84 bits per heavy atom. The lowest BCUT2D eigenvalue weighted by molar-refractivity contribution is -0.106. The van der Waals surface area contributed by atoms with Gasteiger partial charge in [0.15, 0.2) is 5.60 Å². The second-order valence-corrected chi connectivity index (χ2v) is 8.84. The molecule has 5 rings (SSSR count). The minimum Gasteiger partial charge on any atom is -0.481 e. The molecular formula is C24H24BrClN2O3. The van der Waals surface area contributed by atoms with Crippen molar-refractivity contribution in [2.45, 2.75) is 30.0 Å². The van der Waals surface area contributed by atoms with E-state index in [0.29, 0.717) is 23.6 Å². The van der Waals surface area contributed by atoms with Gasteiger partial charge >= 0.3 is 0 Å². The topological polar surface area (TPSA) is 77.6 Å². The Morgan fingerprint density at radius 1 is 1.16 bits per heavy atom. The van der Waals surface area contributed by atoms with Crippen molar-refractivity contribution in [2.75, 3.05) is 14.2 Å². The van der Waals surface area contributed by atoms with E-state index < -0.39 is 11.2 Å². The molecule has 1 fully saturated rings. The highest BCUT2D eigenvalue weighted by atomic mass is 79.9. The quantitative estimate of drug-likeness (QED) is 0.484. The molecule has 2 aliphatic rings. The van der Waals surface area contributed by atoms with E-state index >= 15 is 0 Å². The highest BCUT2D eigenvalue weighted by Crippen LogP contribution is 2.68. The van der Waals surface area contributed by atoms with E-state index in [-0.39, 0.29) is 11.1 Å². The Labute approximate surface area is 195 Å². The summed E-state index contributed by atoms with van der Waals surface area (Å²) in [7, 11) is 3.03. The number of benzene rings is 2. The van der Waals surface area contributed by atoms with Gasteiger partial charge in [-0.05, 0) is 43.1 Å². The van der Waals surface area contributed by atoms with Crippen LogP contribution in [0, 0.1) is 0 Å². The number of hydrogen-bond acceptors (Lipinski definition) is 5. The molecule has 31 heavy (non-hydrogen) atoms. The molecule has 0 spiro atoms.